The predicted octanol–water partition coefficient (Wildman–Crippen LogP) is 1.06. The predicted molar refractivity (Wildman–Crippen MR) is 60.4 cm³/mol. The molecule has 4 heteroatoms. The maximum Gasteiger partial charge on any atom is 0.157 e. The molecular formula is C12H17NO3. The van der Waals surface area contributed by atoms with Crippen molar-refractivity contribution < 1.29 is 15.3 Å². The largest absolute Gasteiger partial charge is 0.504 e. The molecule has 2 rings (SSSR count). The summed E-state index contributed by atoms with van der Waals surface area (Å²) in [5.74, 6) is -0.354. The number of hydrogen-bond acceptors (Lipinski definition) is 4. The number of piperidine rings is 1. The van der Waals surface area contributed by atoms with Crippen molar-refractivity contribution in [1.29, 1.82) is 0 Å². The maximum absolute atomic E-state index is 10.6. The van der Waals surface area contributed by atoms with Crippen LogP contribution in [0.3, 0.4) is 0 Å². The summed E-state index contributed by atoms with van der Waals surface area (Å²) in [5.41, 5.74) is -0.328. The molecule has 0 radical (unpaired) electrons. The third kappa shape index (κ3) is 1.74. The second-order valence-electron chi connectivity index (χ2n) is 4.41. The van der Waals surface area contributed by atoms with E-state index in [0.29, 0.717) is 12.0 Å². The first-order valence-corrected chi connectivity index (χ1v) is 5.52. The Hall–Kier alpha value is -1.26. The van der Waals surface area contributed by atoms with Gasteiger partial charge < -0.3 is 20.6 Å². The van der Waals surface area contributed by atoms with E-state index in [-0.39, 0.29) is 17.5 Å². The molecule has 4 nitrogen and oxygen atoms in total. The van der Waals surface area contributed by atoms with E-state index in [1.165, 1.54) is 12.1 Å². The lowest BCUT2D eigenvalue weighted by Gasteiger charge is -2.39. The Bertz CT molecular complexity index is 394. The van der Waals surface area contributed by atoms with Crippen molar-refractivity contribution in [2.24, 2.45) is 0 Å². The third-order valence-corrected chi connectivity index (χ3v) is 3.38. The zero-order valence-electron chi connectivity index (χ0n) is 9.27. The van der Waals surface area contributed by atoms with E-state index in [2.05, 4.69) is 5.32 Å². The molecule has 1 aromatic rings. The summed E-state index contributed by atoms with van der Waals surface area (Å²) in [6.45, 7) is 2.82. The number of phenolic OH excluding ortho intramolecular Hbond substituents is 2. The summed E-state index contributed by atoms with van der Waals surface area (Å²) in [6, 6.07) is 4.42. The van der Waals surface area contributed by atoms with Gasteiger partial charge in [-0.3, -0.25) is 0 Å². The van der Waals surface area contributed by atoms with Gasteiger partial charge in [0.2, 0.25) is 0 Å². The first-order chi connectivity index (χ1) is 7.54. The topological polar surface area (TPSA) is 72.7 Å². The van der Waals surface area contributed by atoms with Crippen LogP contribution in [0, 0.1) is 0 Å². The fourth-order valence-electron chi connectivity index (χ4n) is 2.25. The molecule has 1 fully saturated rings. The molecule has 0 spiro atoms. The molecule has 0 bridgehead atoms. The normalized spacial score (nSPS) is 30.2. The van der Waals surface area contributed by atoms with Crippen LogP contribution in [0.1, 0.15) is 25.3 Å². The first kappa shape index (κ1) is 11.2. The lowest BCUT2D eigenvalue weighted by molar-refractivity contribution is -0.0228. The van der Waals surface area contributed by atoms with Gasteiger partial charge in [0.15, 0.2) is 11.5 Å². The van der Waals surface area contributed by atoms with Crippen molar-refractivity contribution in [3.63, 3.8) is 0 Å². The van der Waals surface area contributed by atoms with Gasteiger partial charge >= 0.3 is 0 Å². The molecule has 4 N–H and O–H groups in total. The van der Waals surface area contributed by atoms with Crippen LogP contribution in [0.15, 0.2) is 18.2 Å². The highest BCUT2D eigenvalue weighted by atomic mass is 16.3. The smallest absolute Gasteiger partial charge is 0.157 e. The average Bonchev–Trinajstić information content (AvgIpc) is 2.26. The number of aromatic hydroxyl groups is 2. The zero-order chi connectivity index (χ0) is 11.8. The molecule has 88 valence electrons. The minimum atomic E-state index is -0.969. The lowest BCUT2D eigenvalue weighted by Crippen LogP contribution is -2.50. The summed E-state index contributed by atoms with van der Waals surface area (Å²) in [4.78, 5) is 0. The molecule has 0 aromatic heterocycles. The molecule has 0 unspecified atom stereocenters. The number of benzene rings is 1. The standard InChI is InChI=1S/C12H17NO3/c1-8-12(16,5-2-6-13-8)9-3-4-10(14)11(15)7-9/h3-4,7-8,13-16H,2,5-6H2,1H3/t8-,12-/m0/s1. The monoisotopic (exact) mass is 223 g/mol. The molecule has 16 heavy (non-hydrogen) atoms. The van der Waals surface area contributed by atoms with Crippen molar-refractivity contribution >= 4 is 0 Å². The van der Waals surface area contributed by atoms with Crippen molar-refractivity contribution in [3.05, 3.63) is 23.8 Å². The average molecular weight is 223 g/mol. The molecule has 1 aromatic carbocycles. The molecule has 1 heterocycles. The highest BCUT2D eigenvalue weighted by Gasteiger charge is 2.37. The van der Waals surface area contributed by atoms with E-state index in [4.69, 9.17) is 0 Å². The Morgan fingerprint density at radius 2 is 2.06 bits per heavy atom. The summed E-state index contributed by atoms with van der Waals surface area (Å²) in [6.07, 6.45) is 1.55. The van der Waals surface area contributed by atoms with Crippen LogP contribution in [0.4, 0.5) is 0 Å². The molecule has 1 saturated heterocycles. The van der Waals surface area contributed by atoms with E-state index < -0.39 is 5.60 Å². The summed E-state index contributed by atoms with van der Waals surface area (Å²) in [5, 5.41) is 32.5. The second kappa shape index (κ2) is 3.96. The van der Waals surface area contributed by atoms with E-state index in [0.717, 1.165) is 13.0 Å². The van der Waals surface area contributed by atoms with Crippen LogP contribution in [-0.4, -0.2) is 27.9 Å². The fraction of sp³-hybridized carbons (Fsp3) is 0.500. The van der Waals surface area contributed by atoms with Gasteiger partial charge in [0.05, 0.1) is 0 Å². The van der Waals surface area contributed by atoms with Crippen LogP contribution >= 0.6 is 0 Å². The quantitative estimate of drug-likeness (QED) is 0.537. The summed E-state index contributed by atoms with van der Waals surface area (Å²) in [7, 11) is 0. The number of hydrogen-bond donors (Lipinski definition) is 4. The molecule has 0 aliphatic carbocycles. The minimum absolute atomic E-state index is 0.0646. The van der Waals surface area contributed by atoms with E-state index >= 15 is 0 Å². The maximum atomic E-state index is 10.6. The van der Waals surface area contributed by atoms with E-state index in [9.17, 15) is 15.3 Å². The SMILES string of the molecule is C[C@@H]1NCCC[C@@]1(O)c1ccc(O)c(O)c1. The second-order valence-corrected chi connectivity index (χ2v) is 4.41. The number of aliphatic hydroxyl groups is 1. The molecule has 1 aliphatic heterocycles. The van der Waals surface area contributed by atoms with Crippen LogP contribution in [0.5, 0.6) is 11.5 Å². The highest BCUT2D eigenvalue weighted by molar-refractivity contribution is 5.43. The Kier molecular flexibility index (Phi) is 2.78. The molecular weight excluding hydrogens is 206 g/mol. The fourth-order valence-corrected chi connectivity index (χ4v) is 2.25. The van der Waals surface area contributed by atoms with Gasteiger partial charge in [-0.25, -0.2) is 0 Å². The number of rotatable bonds is 1. The van der Waals surface area contributed by atoms with Crippen LogP contribution < -0.4 is 5.32 Å². The molecule has 1 aliphatic rings. The Morgan fingerprint density at radius 1 is 1.31 bits per heavy atom. The third-order valence-electron chi connectivity index (χ3n) is 3.38. The Labute approximate surface area is 94.5 Å². The lowest BCUT2D eigenvalue weighted by atomic mass is 9.80. The Balaban J connectivity index is 2.37. The summed E-state index contributed by atoms with van der Waals surface area (Å²) >= 11 is 0. The van der Waals surface area contributed by atoms with Crippen molar-refractivity contribution in [2.75, 3.05) is 6.54 Å². The van der Waals surface area contributed by atoms with Crippen LogP contribution in [0.25, 0.3) is 0 Å². The van der Waals surface area contributed by atoms with Crippen molar-refractivity contribution in [1.82, 2.24) is 5.32 Å². The van der Waals surface area contributed by atoms with Gasteiger partial charge in [-0.05, 0) is 44.0 Å². The molecule has 2 atom stereocenters. The minimum Gasteiger partial charge on any atom is -0.504 e. The van der Waals surface area contributed by atoms with Gasteiger partial charge in [0, 0.05) is 6.04 Å². The molecule has 0 amide bonds. The first-order valence-electron chi connectivity index (χ1n) is 5.52. The van der Waals surface area contributed by atoms with Crippen LogP contribution in [0.2, 0.25) is 0 Å². The highest BCUT2D eigenvalue weighted by Crippen LogP contribution is 2.36. The van der Waals surface area contributed by atoms with Crippen LogP contribution in [-0.2, 0) is 5.60 Å². The number of nitrogens with one attached hydrogen (secondary N) is 1. The van der Waals surface area contributed by atoms with Crippen molar-refractivity contribution in [2.45, 2.75) is 31.4 Å². The van der Waals surface area contributed by atoms with Gasteiger partial charge in [-0.1, -0.05) is 6.07 Å². The zero-order valence-corrected chi connectivity index (χ0v) is 9.27. The van der Waals surface area contributed by atoms with E-state index in [1.807, 2.05) is 6.92 Å². The molecule has 0 saturated carbocycles. The number of phenols is 2. The van der Waals surface area contributed by atoms with Gasteiger partial charge in [0.1, 0.15) is 5.60 Å². The summed E-state index contributed by atoms with van der Waals surface area (Å²) < 4.78 is 0. The Morgan fingerprint density at radius 3 is 2.69 bits per heavy atom. The van der Waals surface area contributed by atoms with Crippen molar-refractivity contribution in [3.8, 4) is 11.5 Å². The van der Waals surface area contributed by atoms with E-state index in [1.54, 1.807) is 6.07 Å². The van der Waals surface area contributed by atoms with Gasteiger partial charge in [-0.2, -0.15) is 0 Å². The van der Waals surface area contributed by atoms with Gasteiger partial charge in [0.25, 0.3) is 0 Å². The van der Waals surface area contributed by atoms with Gasteiger partial charge in [-0.15, -0.1) is 0 Å².